The molecule has 1 heterocycles. The Morgan fingerprint density at radius 1 is 1.50 bits per heavy atom. The summed E-state index contributed by atoms with van der Waals surface area (Å²) in [6.07, 6.45) is -0.140. The van der Waals surface area contributed by atoms with Gasteiger partial charge in [-0.1, -0.05) is 19.0 Å². The van der Waals surface area contributed by atoms with Crippen molar-refractivity contribution in [3.63, 3.8) is 0 Å². The van der Waals surface area contributed by atoms with Gasteiger partial charge in [-0.15, -0.1) is 0 Å². The zero-order valence-corrected chi connectivity index (χ0v) is 9.64. The molecule has 1 atom stereocenters. The van der Waals surface area contributed by atoms with E-state index in [0.717, 1.165) is 6.42 Å². The normalized spacial score (nSPS) is 13.0. The number of ether oxygens (including phenoxy) is 1. The number of rotatable bonds is 6. The molecule has 0 aliphatic rings. The third kappa shape index (κ3) is 3.98. The maximum absolute atomic E-state index is 10.5. The van der Waals surface area contributed by atoms with Gasteiger partial charge in [0.05, 0.1) is 0 Å². The lowest BCUT2D eigenvalue weighted by molar-refractivity contribution is -0.150. The van der Waals surface area contributed by atoms with Crippen LogP contribution in [0.25, 0.3) is 0 Å². The minimum atomic E-state index is -1.01. The van der Waals surface area contributed by atoms with E-state index in [9.17, 15) is 4.79 Å². The fraction of sp³-hybridized carbons (Fsp3) is 0.700. The van der Waals surface area contributed by atoms with Crippen molar-refractivity contribution in [2.24, 2.45) is 5.92 Å². The smallest absolute Gasteiger partial charge is 0.332 e. The number of aliphatic carboxylic acids is 1. The molecule has 0 saturated heterocycles. The lowest BCUT2D eigenvalue weighted by Crippen LogP contribution is -2.19. The van der Waals surface area contributed by atoms with Crippen LogP contribution in [0.4, 0.5) is 0 Å². The van der Waals surface area contributed by atoms with Crippen molar-refractivity contribution in [3.8, 4) is 0 Å². The molecule has 0 bridgehead atoms. The number of carbonyl (C=O) groups is 1. The maximum atomic E-state index is 10.5. The second kappa shape index (κ2) is 5.60. The molecule has 16 heavy (non-hydrogen) atoms. The van der Waals surface area contributed by atoms with E-state index in [1.807, 2.05) is 0 Å². The van der Waals surface area contributed by atoms with Crippen molar-refractivity contribution in [2.75, 3.05) is 0 Å². The highest BCUT2D eigenvalue weighted by Crippen LogP contribution is 2.06. The average Bonchev–Trinajstić information content (AvgIpc) is 2.60. The summed E-state index contributed by atoms with van der Waals surface area (Å²) in [4.78, 5) is 14.6. The van der Waals surface area contributed by atoms with Crippen LogP contribution in [0.5, 0.6) is 0 Å². The number of nitrogens with zero attached hydrogens (tertiary/aromatic N) is 2. The lowest BCUT2D eigenvalue weighted by atomic mass is 10.1. The second-order valence-electron chi connectivity index (χ2n) is 3.99. The minimum Gasteiger partial charge on any atom is -0.479 e. The first-order valence-electron chi connectivity index (χ1n) is 5.15. The highest BCUT2D eigenvalue weighted by molar-refractivity contribution is 5.71. The molecule has 0 spiro atoms. The molecular formula is C10H16N2O4. The first-order valence-corrected chi connectivity index (χ1v) is 5.15. The van der Waals surface area contributed by atoms with Crippen LogP contribution in [0, 0.1) is 5.92 Å². The third-order valence-electron chi connectivity index (χ3n) is 1.91. The van der Waals surface area contributed by atoms with E-state index in [0.29, 0.717) is 17.6 Å². The second-order valence-corrected chi connectivity index (χ2v) is 3.99. The van der Waals surface area contributed by atoms with E-state index in [1.54, 1.807) is 0 Å². The highest BCUT2D eigenvalue weighted by atomic mass is 16.5. The molecule has 0 radical (unpaired) electrons. The van der Waals surface area contributed by atoms with Gasteiger partial charge >= 0.3 is 5.97 Å². The largest absolute Gasteiger partial charge is 0.479 e. The SMILES string of the molecule is CC(C)Cc1noc(CO[C@@H](C)C(=O)O)n1. The maximum Gasteiger partial charge on any atom is 0.332 e. The minimum absolute atomic E-state index is 0.0264. The van der Waals surface area contributed by atoms with Gasteiger partial charge in [0.1, 0.15) is 6.61 Å². The zero-order valence-electron chi connectivity index (χ0n) is 9.64. The van der Waals surface area contributed by atoms with Crippen LogP contribution < -0.4 is 0 Å². The topological polar surface area (TPSA) is 85.5 Å². The Bertz CT molecular complexity index is 348. The van der Waals surface area contributed by atoms with Crippen LogP contribution in [0.3, 0.4) is 0 Å². The Morgan fingerprint density at radius 3 is 2.75 bits per heavy atom. The van der Waals surface area contributed by atoms with Crippen LogP contribution in [0.1, 0.15) is 32.5 Å². The molecule has 0 aliphatic carbocycles. The number of hydrogen-bond acceptors (Lipinski definition) is 5. The van der Waals surface area contributed by atoms with Gasteiger partial charge in [-0.3, -0.25) is 0 Å². The summed E-state index contributed by atoms with van der Waals surface area (Å²) in [6.45, 7) is 5.59. The lowest BCUT2D eigenvalue weighted by Gasteiger charge is -2.04. The van der Waals surface area contributed by atoms with Crippen LogP contribution in [0.2, 0.25) is 0 Å². The van der Waals surface area contributed by atoms with Gasteiger partial charge in [0.25, 0.3) is 5.89 Å². The molecule has 0 amide bonds. The van der Waals surface area contributed by atoms with Crippen molar-refractivity contribution in [3.05, 3.63) is 11.7 Å². The van der Waals surface area contributed by atoms with Crippen LogP contribution >= 0.6 is 0 Å². The molecule has 6 nitrogen and oxygen atoms in total. The summed E-state index contributed by atoms with van der Waals surface area (Å²) in [7, 11) is 0. The molecule has 0 saturated carbocycles. The summed E-state index contributed by atoms with van der Waals surface area (Å²) in [5.41, 5.74) is 0. The summed E-state index contributed by atoms with van der Waals surface area (Å²) < 4.78 is 9.93. The molecule has 0 aliphatic heterocycles. The molecule has 0 aromatic carbocycles. The summed E-state index contributed by atoms with van der Waals surface area (Å²) in [5, 5.41) is 12.4. The van der Waals surface area contributed by atoms with Crippen molar-refractivity contribution < 1.29 is 19.2 Å². The zero-order chi connectivity index (χ0) is 12.1. The first-order chi connectivity index (χ1) is 7.49. The number of carboxylic acid groups (broad SMARTS) is 1. The van der Waals surface area contributed by atoms with Crippen LogP contribution in [-0.4, -0.2) is 27.3 Å². The first kappa shape index (κ1) is 12.6. The monoisotopic (exact) mass is 228 g/mol. The predicted molar refractivity (Wildman–Crippen MR) is 54.7 cm³/mol. The number of aromatic nitrogens is 2. The van der Waals surface area contributed by atoms with E-state index in [-0.39, 0.29) is 6.61 Å². The van der Waals surface area contributed by atoms with E-state index in [1.165, 1.54) is 6.92 Å². The third-order valence-corrected chi connectivity index (χ3v) is 1.91. The Labute approximate surface area is 93.6 Å². The molecule has 0 fully saturated rings. The van der Waals surface area contributed by atoms with Gasteiger partial charge < -0.3 is 14.4 Å². The Hall–Kier alpha value is -1.43. The van der Waals surface area contributed by atoms with Gasteiger partial charge in [0, 0.05) is 6.42 Å². The molecule has 1 aromatic heterocycles. The molecule has 1 aromatic rings. The highest BCUT2D eigenvalue weighted by Gasteiger charge is 2.14. The summed E-state index contributed by atoms with van der Waals surface area (Å²) >= 11 is 0. The van der Waals surface area contributed by atoms with Crippen LogP contribution in [-0.2, 0) is 22.6 Å². The Balaban J connectivity index is 2.43. The predicted octanol–water partition coefficient (Wildman–Crippen LogP) is 1.26. The van der Waals surface area contributed by atoms with E-state index in [4.69, 9.17) is 14.4 Å². The Morgan fingerprint density at radius 2 is 2.19 bits per heavy atom. The van der Waals surface area contributed by atoms with Gasteiger partial charge in [0.15, 0.2) is 11.9 Å². The van der Waals surface area contributed by atoms with Crippen molar-refractivity contribution in [1.82, 2.24) is 10.1 Å². The Kier molecular flexibility index (Phi) is 4.42. The summed E-state index contributed by atoms with van der Waals surface area (Å²) in [5.74, 6) is 0.367. The van der Waals surface area contributed by atoms with Gasteiger partial charge in [0.2, 0.25) is 0 Å². The van der Waals surface area contributed by atoms with E-state index >= 15 is 0 Å². The quantitative estimate of drug-likeness (QED) is 0.788. The molecular weight excluding hydrogens is 212 g/mol. The van der Waals surface area contributed by atoms with Crippen molar-refractivity contribution in [2.45, 2.75) is 39.9 Å². The molecule has 0 unspecified atom stereocenters. The number of carboxylic acids is 1. The van der Waals surface area contributed by atoms with Gasteiger partial charge in [-0.05, 0) is 12.8 Å². The molecule has 1 rings (SSSR count). The fourth-order valence-corrected chi connectivity index (χ4v) is 1.06. The van der Waals surface area contributed by atoms with Gasteiger partial charge in [-0.2, -0.15) is 4.98 Å². The molecule has 1 N–H and O–H groups in total. The standard InChI is InChI=1S/C10H16N2O4/c1-6(2)4-8-11-9(16-12-8)5-15-7(3)10(13)14/h6-7H,4-5H2,1-3H3,(H,13,14)/t7-/m0/s1. The van der Waals surface area contributed by atoms with E-state index in [2.05, 4.69) is 24.0 Å². The number of hydrogen-bond donors (Lipinski definition) is 1. The fourth-order valence-electron chi connectivity index (χ4n) is 1.06. The average molecular weight is 228 g/mol. The van der Waals surface area contributed by atoms with Crippen molar-refractivity contribution >= 4 is 5.97 Å². The molecule has 6 heteroatoms. The summed E-state index contributed by atoms with van der Waals surface area (Å²) in [6, 6.07) is 0. The van der Waals surface area contributed by atoms with Gasteiger partial charge in [-0.25, -0.2) is 4.79 Å². The van der Waals surface area contributed by atoms with E-state index < -0.39 is 12.1 Å². The van der Waals surface area contributed by atoms with Crippen LogP contribution in [0.15, 0.2) is 4.52 Å². The molecule has 90 valence electrons. The van der Waals surface area contributed by atoms with Crippen molar-refractivity contribution in [1.29, 1.82) is 0 Å².